The molecule has 1 aromatic heterocycles. The molecule has 1 aliphatic heterocycles. The molecule has 3 fully saturated rings. The molecule has 1 aromatic carbocycles. The number of para-hydroxylation sites is 1. The molecule has 5 rings (SSSR count). The number of H-pyrrole nitrogens is 1. The van der Waals surface area contributed by atoms with Crippen LogP contribution in [0, 0.1) is 23.2 Å². The molecule has 0 amide bonds. The van der Waals surface area contributed by atoms with Gasteiger partial charge in [-0.15, -0.1) is 0 Å². The van der Waals surface area contributed by atoms with Crippen LogP contribution in [0.4, 0.5) is 0 Å². The lowest BCUT2D eigenvalue weighted by Crippen LogP contribution is -2.86. The Kier molecular flexibility index (Phi) is 4.78. The van der Waals surface area contributed by atoms with Crippen molar-refractivity contribution in [1.29, 1.82) is 0 Å². The van der Waals surface area contributed by atoms with E-state index in [0.29, 0.717) is 11.8 Å². The maximum atomic E-state index is 12.7. The Hall–Kier alpha value is -2.07. The van der Waals surface area contributed by atoms with E-state index in [-0.39, 0.29) is 23.4 Å². The van der Waals surface area contributed by atoms with E-state index in [2.05, 4.69) is 54.3 Å². The van der Waals surface area contributed by atoms with Crippen LogP contribution in [0.5, 0.6) is 0 Å². The Morgan fingerprint density at radius 3 is 3.10 bits per heavy atom. The van der Waals surface area contributed by atoms with Crippen LogP contribution in [0.15, 0.2) is 42.6 Å². The summed E-state index contributed by atoms with van der Waals surface area (Å²) in [6, 6.07) is 8.45. The first-order valence-electron chi connectivity index (χ1n) is 11.3. The molecule has 0 spiro atoms. The highest BCUT2D eigenvalue weighted by Crippen LogP contribution is 2.56. The van der Waals surface area contributed by atoms with Crippen LogP contribution in [-0.2, 0) is 16.0 Å². The second-order valence-electron chi connectivity index (χ2n) is 9.83. The summed E-state index contributed by atoms with van der Waals surface area (Å²) < 4.78 is 5.89. The van der Waals surface area contributed by atoms with Crippen molar-refractivity contribution in [2.45, 2.75) is 51.6 Å². The van der Waals surface area contributed by atoms with Gasteiger partial charge in [-0.2, -0.15) is 0 Å². The molecule has 154 valence electrons. The van der Waals surface area contributed by atoms with Gasteiger partial charge >= 0.3 is 5.97 Å². The van der Waals surface area contributed by atoms with Gasteiger partial charge < -0.3 is 15.0 Å². The highest BCUT2D eigenvalue weighted by Gasteiger charge is 2.55. The molecule has 29 heavy (non-hydrogen) atoms. The SMILES string of the molecule is C=C1CCC[C@@]2(C)C[C@H]3OC(=O)[C@@H](C[NH2+]CCc4c[nH]c5ccccc45)[C@@H]3C[C@H]12. The number of allylic oxidation sites excluding steroid dienone is 1. The fourth-order valence-electron chi connectivity index (χ4n) is 6.42. The van der Waals surface area contributed by atoms with Gasteiger partial charge in [0, 0.05) is 29.4 Å². The molecular weight excluding hydrogens is 360 g/mol. The lowest BCUT2D eigenvalue weighted by Gasteiger charge is -2.49. The number of ether oxygens (including phenoxy) is 1. The zero-order valence-electron chi connectivity index (χ0n) is 17.5. The van der Waals surface area contributed by atoms with Crippen molar-refractivity contribution in [2.75, 3.05) is 13.1 Å². The van der Waals surface area contributed by atoms with Gasteiger partial charge in [0.25, 0.3) is 0 Å². The van der Waals surface area contributed by atoms with Gasteiger partial charge in [-0.3, -0.25) is 4.79 Å². The van der Waals surface area contributed by atoms with Gasteiger partial charge in [0.15, 0.2) is 0 Å². The van der Waals surface area contributed by atoms with Crippen molar-refractivity contribution in [3.63, 3.8) is 0 Å². The number of fused-ring (bicyclic) bond motifs is 3. The number of hydrogen-bond donors (Lipinski definition) is 2. The zero-order chi connectivity index (χ0) is 20.0. The molecule has 5 atom stereocenters. The molecular formula is C25H33N2O2+. The normalized spacial score (nSPS) is 34.1. The minimum atomic E-state index is 0.0382. The smallest absolute Gasteiger partial charge is 0.315 e. The van der Waals surface area contributed by atoms with Crippen molar-refractivity contribution in [3.05, 3.63) is 48.2 Å². The van der Waals surface area contributed by atoms with E-state index in [0.717, 1.165) is 38.8 Å². The predicted octanol–water partition coefficient (Wildman–Crippen LogP) is 3.59. The van der Waals surface area contributed by atoms with Gasteiger partial charge in [-0.1, -0.05) is 37.3 Å². The third-order valence-electron chi connectivity index (χ3n) is 8.03. The zero-order valence-corrected chi connectivity index (χ0v) is 17.5. The van der Waals surface area contributed by atoms with E-state index in [4.69, 9.17) is 4.74 Å². The summed E-state index contributed by atoms with van der Waals surface area (Å²) in [5, 5.41) is 3.63. The Labute approximate surface area is 173 Å². The summed E-state index contributed by atoms with van der Waals surface area (Å²) in [4.78, 5) is 16.0. The third-order valence-corrected chi connectivity index (χ3v) is 8.03. The molecule has 4 nitrogen and oxygen atoms in total. The number of aromatic amines is 1. The topological polar surface area (TPSA) is 58.7 Å². The van der Waals surface area contributed by atoms with E-state index in [1.807, 2.05) is 0 Å². The van der Waals surface area contributed by atoms with Crippen LogP contribution in [0.25, 0.3) is 10.9 Å². The molecule has 0 radical (unpaired) electrons. The Balaban J connectivity index is 1.20. The number of aromatic nitrogens is 1. The molecule has 0 unspecified atom stereocenters. The van der Waals surface area contributed by atoms with Crippen molar-refractivity contribution in [1.82, 2.24) is 4.98 Å². The number of carbonyl (C=O) groups excluding carboxylic acids is 1. The van der Waals surface area contributed by atoms with Gasteiger partial charge in [-0.05, 0) is 55.1 Å². The quantitative estimate of drug-likeness (QED) is 0.463. The fourth-order valence-corrected chi connectivity index (χ4v) is 6.42. The van der Waals surface area contributed by atoms with E-state index in [1.165, 1.54) is 34.9 Å². The summed E-state index contributed by atoms with van der Waals surface area (Å²) in [6.07, 6.45) is 9.02. The maximum absolute atomic E-state index is 12.7. The summed E-state index contributed by atoms with van der Waals surface area (Å²) >= 11 is 0. The first-order chi connectivity index (χ1) is 14.0. The maximum Gasteiger partial charge on any atom is 0.315 e. The number of esters is 1. The first-order valence-corrected chi connectivity index (χ1v) is 11.3. The monoisotopic (exact) mass is 393 g/mol. The molecule has 0 bridgehead atoms. The highest BCUT2D eigenvalue weighted by molar-refractivity contribution is 5.83. The number of nitrogens with two attached hydrogens (primary N) is 1. The van der Waals surface area contributed by atoms with E-state index in [1.54, 1.807) is 0 Å². The molecule has 1 saturated heterocycles. The largest absolute Gasteiger partial charge is 0.462 e. The van der Waals surface area contributed by atoms with Crippen LogP contribution in [0.3, 0.4) is 0 Å². The van der Waals surface area contributed by atoms with Crippen LogP contribution in [0.2, 0.25) is 0 Å². The van der Waals surface area contributed by atoms with Crippen LogP contribution in [-0.4, -0.2) is 30.1 Å². The average Bonchev–Trinajstić information content (AvgIpc) is 3.24. The van der Waals surface area contributed by atoms with E-state index >= 15 is 0 Å². The molecule has 2 aliphatic carbocycles. The van der Waals surface area contributed by atoms with E-state index < -0.39 is 0 Å². The standard InChI is InChI=1S/C25H32N2O2/c1-16-6-5-10-25(2)13-23-19(12-21(16)25)20(24(28)29-23)15-26-11-9-17-14-27-22-8-4-3-7-18(17)22/h3-4,7-8,14,19-21,23,26-27H,1,5-6,9-13,15H2,2H3/p+1/t19-,20-,21+,23+,25-/m0/s1. The molecule has 4 heteroatoms. The summed E-state index contributed by atoms with van der Waals surface area (Å²) in [6.45, 7) is 8.63. The number of hydrogen-bond acceptors (Lipinski definition) is 2. The summed E-state index contributed by atoms with van der Waals surface area (Å²) in [5.74, 6) is 1.03. The Morgan fingerprint density at radius 1 is 1.34 bits per heavy atom. The fraction of sp³-hybridized carbons (Fsp3) is 0.560. The molecule has 2 saturated carbocycles. The Morgan fingerprint density at radius 2 is 2.21 bits per heavy atom. The van der Waals surface area contributed by atoms with Gasteiger partial charge in [0.2, 0.25) is 0 Å². The van der Waals surface area contributed by atoms with Crippen molar-refractivity contribution in [2.24, 2.45) is 23.2 Å². The van der Waals surface area contributed by atoms with Crippen LogP contribution >= 0.6 is 0 Å². The molecule has 2 heterocycles. The van der Waals surface area contributed by atoms with Crippen molar-refractivity contribution < 1.29 is 14.8 Å². The van der Waals surface area contributed by atoms with Crippen molar-refractivity contribution >= 4 is 16.9 Å². The number of carbonyl (C=O) groups is 1. The molecule has 2 aromatic rings. The van der Waals surface area contributed by atoms with Gasteiger partial charge in [-0.25, -0.2) is 0 Å². The second-order valence-corrected chi connectivity index (χ2v) is 9.83. The second kappa shape index (κ2) is 7.32. The lowest BCUT2D eigenvalue weighted by molar-refractivity contribution is -0.658. The molecule has 3 aliphatic rings. The Bertz CT molecular complexity index is 932. The summed E-state index contributed by atoms with van der Waals surface area (Å²) in [7, 11) is 0. The van der Waals surface area contributed by atoms with Crippen molar-refractivity contribution in [3.8, 4) is 0 Å². The summed E-state index contributed by atoms with van der Waals surface area (Å²) in [5.41, 5.74) is 4.25. The number of quaternary nitrogens is 1. The third kappa shape index (κ3) is 3.31. The van der Waals surface area contributed by atoms with Gasteiger partial charge in [0.1, 0.15) is 12.0 Å². The number of rotatable bonds is 5. The van der Waals surface area contributed by atoms with Crippen LogP contribution < -0.4 is 5.32 Å². The number of benzene rings is 1. The minimum absolute atomic E-state index is 0.0382. The lowest BCUT2D eigenvalue weighted by atomic mass is 9.55. The minimum Gasteiger partial charge on any atom is -0.462 e. The van der Waals surface area contributed by atoms with E-state index in [9.17, 15) is 4.79 Å². The average molecular weight is 394 g/mol. The van der Waals surface area contributed by atoms with Gasteiger partial charge in [0.05, 0.1) is 13.1 Å². The number of nitrogens with one attached hydrogen (secondary N) is 1. The highest BCUT2D eigenvalue weighted by atomic mass is 16.6. The predicted molar refractivity (Wildman–Crippen MR) is 114 cm³/mol. The van der Waals surface area contributed by atoms with Crippen LogP contribution in [0.1, 0.15) is 44.6 Å². The first kappa shape index (κ1) is 18.9. The molecule has 3 N–H and O–H groups in total.